The van der Waals surface area contributed by atoms with Gasteiger partial charge in [0.25, 0.3) is 0 Å². The summed E-state index contributed by atoms with van der Waals surface area (Å²) in [6, 6.07) is 0.321. The van der Waals surface area contributed by atoms with E-state index in [4.69, 9.17) is 16.3 Å². The predicted octanol–water partition coefficient (Wildman–Crippen LogP) is 2.94. The van der Waals surface area contributed by atoms with Crippen LogP contribution in [-0.4, -0.2) is 40.0 Å². The zero-order valence-corrected chi connectivity index (χ0v) is 13.3. The first-order chi connectivity index (χ1) is 10.1. The molecule has 21 heavy (non-hydrogen) atoms. The van der Waals surface area contributed by atoms with Crippen LogP contribution in [0.3, 0.4) is 0 Å². The molecule has 0 bridgehead atoms. The fourth-order valence-corrected chi connectivity index (χ4v) is 2.74. The summed E-state index contributed by atoms with van der Waals surface area (Å²) in [7, 11) is 0. The van der Waals surface area contributed by atoms with Gasteiger partial charge in [0.2, 0.25) is 5.91 Å². The Hall–Kier alpha value is -1.36. The number of likely N-dealkylation sites (tertiary alicyclic amines) is 1. The minimum absolute atomic E-state index is 0.0433. The van der Waals surface area contributed by atoms with Gasteiger partial charge in [0.05, 0.1) is 24.0 Å². The van der Waals surface area contributed by atoms with Crippen molar-refractivity contribution in [2.45, 2.75) is 45.6 Å². The number of carbonyl (C=O) groups excluding carboxylic acids is 1. The first-order valence-electron chi connectivity index (χ1n) is 7.57. The Morgan fingerprint density at radius 1 is 1.43 bits per heavy atom. The monoisotopic (exact) mass is 311 g/mol. The highest BCUT2D eigenvalue weighted by molar-refractivity contribution is 6.30. The molecule has 0 radical (unpaired) electrons. The van der Waals surface area contributed by atoms with Crippen molar-refractivity contribution in [2.75, 3.05) is 13.1 Å². The molecule has 1 aromatic heterocycles. The van der Waals surface area contributed by atoms with E-state index in [9.17, 15) is 4.79 Å². The molecule has 0 saturated carbocycles. The van der Waals surface area contributed by atoms with Crippen LogP contribution in [0.25, 0.3) is 0 Å². The molecule has 1 fully saturated rings. The third-order valence-electron chi connectivity index (χ3n) is 3.89. The van der Waals surface area contributed by atoms with E-state index in [-0.39, 0.29) is 17.9 Å². The van der Waals surface area contributed by atoms with Gasteiger partial charge in [0.1, 0.15) is 6.10 Å². The largest absolute Gasteiger partial charge is 0.458 e. The highest BCUT2D eigenvalue weighted by Gasteiger charge is 2.28. The maximum Gasteiger partial charge on any atom is 0.316 e. The second-order valence-electron chi connectivity index (χ2n) is 5.36. The third-order valence-corrected chi connectivity index (χ3v) is 4.09. The van der Waals surface area contributed by atoms with E-state index in [1.807, 2.05) is 4.90 Å². The first-order valence-corrected chi connectivity index (χ1v) is 7.94. The lowest BCUT2D eigenvalue weighted by molar-refractivity contribution is -0.138. The van der Waals surface area contributed by atoms with Gasteiger partial charge in [-0.3, -0.25) is 4.79 Å². The van der Waals surface area contributed by atoms with Crippen LogP contribution in [0.1, 0.15) is 39.5 Å². The van der Waals surface area contributed by atoms with E-state index in [1.165, 1.54) is 12.4 Å². The number of ether oxygens (including phenoxy) is 1. The van der Waals surface area contributed by atoms with Crippen molar-refractivity contribution in [3.63, 3.8) is 0 Å². The van der Waals surface area contributed by atoms with Crippen LogP contribution in [0.4, 0.5) is 0 Å². The summed E-state index contributed by atoms with van der Waals surface area (Å²) in [6.07, 6.45) is 6.62. The Morgan fingerprint density at radius 3 is 2.71 bits per heavy atom. The number of hydrogen-bond donors (Lipinski definition) is 0. The summed E-state index contributed by atoms with van der Waals surface area (Å²) in [5.41, 5.74) is 0. The van der Waals surface area contributed by atoms with Crippen LogP contribution in [0.2, 0.25) is 5.02 Å². The van der Waals surface area contributed by atoms with E-state index in [2.05, 4.69) is 23.8 Å². The van der Waals surface area contributed by atoms with Gasteiger partial charge in [0.15, 0.2) is 0 Å². The SMILES string of the molecule is CCC(CC)C(=O)N1CCCC(Oc2ncc(Cl)cn2)C1. The number of rotatable bonds is 5. The Morgan fingerprint density at radius 2 is 2.10 bits per heavy atom. The number of carbonyl (C=O) groups is 1. The average molecular weight is 312 g/mol. The molecule has 5 nitrogen and oxygen atoms in total. The van der Waals surface area contributed by atoms with Crippen molar-refractivity contribution in [1.82, 2.24) is 14.9 Å². The van der Waals surface area contributed by atoms with Crippen molar-refractivity contribution in [1.29, 1.82) is 0 Å². The van der Waals surface area contributed by atoms with Gasteiger partial charge in [-0.1, -0.05) is 25.4 Å². The standard InChI is InChI=1S/C15H22ClN3O2/c1-3-11(4-2)14(20)19-7-5-6-13(10-19)21-15-17-8-12(16)9-18-15/h8-9,11,13H,3-7,10H2,1-2H3. The van der Waals surface area contributed by atoms with Gasteiger partial charge in [-0.15, -0.1) is 0 Å². The van der Waals surface area contributed by atoms with Gasteiger partial charge in [-0.25, -0.2) is 9.97 Å². The van der Waals surface area contributed by atoms with Gasteiger partial charge >= 0.3 is 6.01 Å². The average Bonchev–Trinajstić information content (AvgIpc) is 2.51. The molecule has 0 aliphatic carbocycles. The molecule has 116 valence electrons. The first kappa shape index (κ1) is 16.0. The fourth-order valence-electron chi connectivity index (χ4n) is 2.64. The third kappa shape index (κ3) is 4.30. The number of halogens is 1. The van der Waals surface area contributed by atoms with Gasteiger partial charge in [-0.2, -0.15) is 0 Å². The summed E-state index contributed by atoms with van der Waals surface area (Å²) in [5.74, 6) is 0.362. The van der Waals surface area contributed by atoms with Gasteiger partial charge < -0.3 is 9.64 Å². The number of nitrogens with zero attached hydrogens (tertiary/aromatic N) is 3. The number of hydrogen-bond acceptors (Lipinski definition) is 4. The highest BCUT2D eigenvalue weighted by atomic mass is 35.5. The zero-order chi connectivity index (χ0) is 15.2. The lowest BCUT2D eigenvalue weighted by Gasteiger charge is -2.34. The smallest absolute Gasteiger partial charge is 0.316 e. The van der Waals surface area contributed by atoms with E-state index in [1.54, 1.807) is 0 Å². The predicted molar refractivity (Wildman–Crippen MR) is 81.3 cm³/mol. The molecule has 6 heteroatoms. The van der Waals surface area contributed by atoms with Crippen LogP contribution < -0.4 is 4.74 Å². The molecule has 2 heterocycles. The van der Waals surface area contributed by atoms with Crippen molar-refractivity contribution in [3.05, 3.63) is 17.4 Å². The summed E-state index contributed by atoms with van der Waals surface area (Å²) < 4.78 is 5.76. The molecule has 1 aromatic rings. The normalized spacial score (nSPS) is 18.9. The second-order valence-corrected chi connectivity index (χ2v) is 5.80. The topological polar surface area (TPSA) is 55.3 Å². The maximum absolute atomic E-state index is 12.4. The molecule has 2 rings (SSSR count). The molecule has 1 aliphatic rings. The fraction of sp³-hybridized carbons (Fsp3) is 0.667. The van der Waals surface area contributed by atoms with Crippen molar-refractivity contribution in [3.8, 4) is 6.01 Å². The van der Waals surface area contributed by atoms with Crippen molar-refractivity contribution >= 4 is 17.5 Å². The van der Waals surface area contributed by atoms with Crippen LogP contribution >= 0.6 is 11.6 Å². The lowest BCUT2D eigenvalue weighted by Crippen LogP contribution is -2.46. The highest BCUT2D eigenvalue weighted by Crippen LogP contribution is 2.20. The van der Waals surface area contributed by atoms with E-state index in [0.29, 0.717) is 17.6 Å². The van der Waals surface area contributed by atoms with E-state index < -0.39 is 0 Å². The van der Waals surface area contributed by atoms with Crippen molar-refractivity contribution in [2.24, 2.45) is 5.92 Å². The Kier molecular flexibility index (Phi) is 5.79. The quantitative estimate of drug-likeness (QED) is 0.839. The summed E-state index contributed by atoms with van der Waals surface area (Å²) in [4.78, 5) is 22.4. The molecule has 1 aliphatic heterocycles. The molecular weight excluding hydrogens is 290 g/mol. The van der Waals surface area contributed by atoms with Crippen molar-refractivity contribution < 1.29 is 9.53 Å². The molecule has 0 N–H and O–H groups in total. The molecule has 1 unspecified atom stereocenters. The summed E-state index contributed by atoms with van der Waals surface area (Å²) >= 11 is 5.75. The molecular formula is C15H22ClN3O2. The Balaban J connectivity index is 1.94. The van der Waals surface area contributed by atoms with Gasteiger partial charge in [-0.05, 0) is 25.7 Å². The van der Waals surface area contributed by atoms with Crippen LogP contribution in [0.5, 0.6) is 6.01 Å². The van der Waals surface area contributed by atoms with E-state index >= 15 is 0 Å². The minimum Gasteiger partial charge on any atom is -0.458 e. The molecule has 0 spiro atoms. The van der Waals surface area contributed by atoms with Crippen LogP contribution in [0.15, 0.2) is 12.4 Å². The number of aromatic nitrogens is 2. The van der Waals surface area contributed by atoms with Crippen LogP contribution in [0, 0.1) is 5.92 Å². The number of amides is 1. The Labute approximate surface area is 130 Å². The molecule has 0 aromatic carbocycles. The molecule has 1 saturated heterocycles. The second kappa shape index (κ2) is 7.59. The lowest BCUT2D eigenvalue weighted by atomic mass is 9.99. The maximum atomic E-state index is 12.4. The summed E-state index contributed by atoms with van der Waals surface area (Å²) in [6.45, 7) is 5.55. The molecule has 1 amide bonds. The van der Waals surface area contributed by atoms with Gasteiger partial charge in [0, 0.05) is 12.5 Å². The number of piperidine rings is 1. The summed E-state index contributed by atoms with van der Waals surface area (Å²) in [5, 5.41) is 0.483. The zero-order valence-electron chi connectivity index (χ0n) is 12.6. The van der Waals surface area contributed by atoms with E-state index in [0.717, 1.165) is 32.2 Å². The van der Waals surface area contributed by atoms with Crippen LogP contribution in [-0.2, 0) is 4.79 Å². The molecule has 1 atom stereocenters. The minimum atomic E-state index is -0.0433. The Bertz CT molecular complexity index is 462.